The molecule has 1 aromatic carbocycles. The van der Waals surface area contributed by atoms with Crippen LogP contribution in [-0.4, -0.2) is 42.3 Å². The molecular weight excluding hydrogens is 317 g/mol. The first-order chi connectivity index (χ1) is 11.0. The predicted molar refractivity (Wildman–Crippen MR) is 88.2 cm³/mol. The lowest BCUT2D eigenvalue weighted by atomic mass is 10.2. The Bertz CT molecular complexity index is 723. The van der Waals surface area contributed by atoms with Gasteiger partial charge >= 0.3 is 0 Å². The minimum absolute atomic E-state index is 0.0476. The van der Waals surface area contributed by atoms with Gasteiger partial charge < -0.3 is 10.2 Å². The largest absolute Gasteiger partial charge is 0.347 e. The Hall–Kier alpha value is -2.54. The second-order valence-electron chi connectivity index (χ2n) is 4.92. The molecule has 0 saturated heterocycles. The molecule has 0 aliphatic carbocycles. The van der Waals surface area contributed by atoms with Crippen LogP contribution in [0.3, 0.4) is 0 Å². The van der Waals surface area contributed by atoms with E-state index in [1.165, 1.54) is 34.4 Å². The summed E-state index contributed by atoms with van der Waals surface area (Å²) < 4.78 is 12.9. The number of likely N-dealkylation sites (N-methyl/N-ethyl adjacent to an activating group) is 1. The highest BCUT2D eigenvalue weighted by Crippen LogP contribution is 2.24. The van der Waals surface area contributed by atoms with Gasteiger partial charge in [-0.25, -0.2) is 9.37 Å². The first-order valence-electron chi connectivity index (χ1n) is 6.83. The second-order valence-corrected chi connectivity index (χ2v) is 5.78. The normalized spacial score (nSPS) is 10.7. The van der Waals surface area contributed by atoms with E-state index < -0.39 is 0 Å². The Balaban J connectivity index is 1.94. The van der Waals surface area contributed by atoms with Crippen LogP contribution in [0.4, 0.5) is 4.39 Å². The molecule has 0 bridgehead atoms. The van der Waals surface area contributed by atoms with Crippen LogP contribution in [-0.2, 0) is 9.59 Å². The number of hydrogen-bond acceptors (Lipinski definition) is 4. The van der Waals surface area contributed by atoms with Crippen LogP contribution in [0.15, 0.2) is 35.7 Å². The lowest BCUT2D eigenvalue weighted by Crippen LogP contribution is -2.35. The number of rotatable bonds is 5. The van der Waals surface area contributed by atoms with Crippen molar-refractivity contribution in [3.05, 3.63) is 47.2 Å². The van der Waals surface area contributed by atoms with E-state index >= 15 is 0 Å². The highest BCUT2D eigenvalue weighted by molar-refractivity contribution is 7.13. The summed E-state index contributed by atoms with van der Waals surface area (Å²) in [5.74, 6) is -0.843. The summed E-state index contributed by atoms with van der Waals surface area (Å²) in [5, 5.41) is 5.04. The molecule has 2 rings (SSSR count). The maximum absolute atomic E-state index is 12.9. The van der Waals surface area contributed by atoms with E-state index in [0.717, 1.165) is 10.6 Å². The van der Waals surface area contributed by atoms with Gasteiger partial charge in [0, 0.05) is 31.1 Å². The van der Waals surface area contributed by atoms with Crippen LogP contribution in [0, 0.1) is 5.82 Å². The molecular formula is C16H16FN3O2S. The molecule has 1 aromatic heterocycles. The van der Waals surface area contributed by atoms with E-state index in [0.29, 0.717) is 5.69 Å². The van der Waals surface area contributed by atoms with Gasteiger partial charge in [-0.1, -0.05) is 0 Å². The maximum Gasteiger partial charge on any atom is 0.244 e. The average Bonchev–Trinajstić information content (AvgIpc) is 3.00. The molecule has 120 valence electrons. The Morgan fingerprint density at radius 3 is 2.65 bits per heavy atom. The van der Waals surface area contributed by atoms with Gasteiger partial charge in [-0.3, -0.25) is 9.59 Å². The number of halogens is 1. The van der Waals surface area contributed by atoms with Crippen LogP contribution < -0.4 is 5.32 Å². The monoisotopic (exact) mass is 333 g/mol. The lowest BCUT2D eigenvalue weighted by molar-refractivity contribution is -0.129. The second kappa shape index (κ2) is 7.64. The SMILES string of the molecule is CN(C)C(=O)CNC(=O)/C=C/c1csc(-c2ccc(F)cc2)n1. The number of nitrogens with zero attached hydrogens (tertiary/aromatic N) is 2. The standard InChI is InChI=1S/C16H16FN3O2S/c1-20(2)15(22)9-18-14(21)8-7-13-10-23-16(19-13)11-3-5-12(17)6-4-11/h3-8,10H,9H2,1-2H3,(H,18,21)/b8-7+. The molecule has 0 radical (unpaired) electrons. The molecule has 0 atom stereocenters. The van der Waals surface area contributed by atoms with Crippen LogP contribution in [0.25, 0.3) is 16.6 Å². The molecule has 0 saturated carbocycles. The number of benzene rings is 1. The van der Waals surface area contributed by atoms with Gasteiger partial charge in [0.25, 0.3) is 0 Å². The highest BCUT2D eigenvalue weighted by atomic mass is 32.1. The number of hydrogen-bond donors (Lipinski definition) is 1. The lowest BCUT2D eigenvalue weighted by Gasteiger charge is -2.09. The molecule has 1 heterocycles. The molecule has 0 spiro atoms. The third-order valence-electron chi connectivity index (χ3n) is 2.93. The van der Waals surface area contributed by atoms with E-state index in [9.17, 15) is 14.0 Å². The fourth-order valence-corrected chi connectivity index (χ4v) is 2.42. The third kappa shape index (κ3) is 5.00. The van der Waals surface area contributed by atoms with Crippen LogP contribution >= 0.6 is 11.3 Å². The van der Waals surface area contributed by atoms with Gasteiger partial charge in [-0.15, -0.1) is 11.3 Å². The van der Waals surface area contributed by atoms with Crippen molar-refractivity contribution in [1.82, 2.24) is 15.2 Å². The zero-order valence-corrected chi connectivity index (χ0v) is 13.6. The van der Waals surface area contributed by atoms with Crippen molar-refractivity contribution < 1.29 is 14.0 Å². The summed E-state index contributed by atoms with van der Waals surface area (Å²) in [6, 6.07) is 6.06. The summed E-state index contributed by atoms with van der Waals surface area (Å²) in [6.45, 7) is -0.0476. The average molecular weight is 333 g/mol. The van der Waals surface area contributed by atoms with E-state index in [1.807, 2.05) is 0 Å². The van der Waals surface area contributed by atoms with Crippen molar-refractivity contribution in [2.75, 3.05) is 20.6 Å². The number of aromatic nitrogens is 1. The van der Waals surface area contributed by atoms with Crippen molar-refractivity contribution >= 4 is 29.2 Å². The molecule has 23 heavy (non-hydrogen) atoms. The van der Waals surface area contributed by atoms with Crippen molar-refractivity contribution in [3.8, 4) is 10.6 Å². The Labute approximate surface area is 137 Å². The predicted octanol–water partition coefficient (Wildman–Crippen LogP) is 2.17. The topological polar surface area (TPSA) is 62.3 Å². The Morgan fingerprint density at radius 1 is 1.30 bits per heavy atom. The van der Waals surface area contributed by atoms with E-state index in [1.54, 1.807) is 37.7 Å². The van der Waals surface area contributed by atoms with Crippen LogP contribution in [0.2, 0.25) is 0 Å². The number of carbonyl (C=O) groups is 2. The Morgan fingerprint density at radius 2 is 2.00 bits per heavy atom. The summed E-state index contributed by atoms with van der Waals surface area (Å²) in [6.07, 6.45) is 2.89. The van der Waals surface area contributed by atoms with Crippen LogP contribution in [0.5, 0.6) is 0 Å². The zero-order valence-electron chi connectivity index (χ0n) is 12.7. The molecule has 0 aliphatic rings. The van der Waals surface area contributed by atoms with Gasteiger partial charge in [-0.05, 0) is 30.3 Å². The molecule has 2 aromatic rings. The van der Waals surface area contributed by atoms with Crippen molar-refractivity contribution in [1.29, 1.82) is 0 Å². The highest BCUT2D eigenvalue weighted by Gasteiger charge is 2.06. The smallest absolute Gasteiger partial charge is 0.244 e. The van der Waals surface area contributed by atoms with Crippen LogP contribution in [0.1, 0.15) is 5.69 Å². The van der Waals surface area contributed by atoms with Crippen molar-refractivity contribution in [3.63, 3.8) is 0 Å². The van der Waals surface area contributed by atoms with Gasteiger partial charge in [0.2, 0.25) is 11.8 Å². The van der Waals surface area contributed by atoms with Crippen molar-refractivity contribution in [2.24, 2.45) is 0 Å². The quantitative estimate of drug-likeness (QED) is 0.853. The van der Waals surface area contributed by atoms with E-state index in [4.69, 9.17) is 0 Å². The minimum Gasteiger partial charge on any atom is -0.347 e. The molecule has 1 N–H and O–H groups in total. The first-order valence-corrected chi connectivity index (χ1v) is 7.71. The first kappa shape index (κ1) is 16.8. The van der Waals surface area contributed by atoms with Crippen molar-refractivity contribution in [2.45, 2.75) is 0 Å². The van der Waals surface area contributed by atoms with Gasteiger partial charge in [0.15, 0.2) is 0 Å². The molecule has 0 aliphatic heterocycles. The minimum atomic E-state index is -0.364. The van der Waals surface area contributed by atoms with E-state index in [2.05, 4.69) is 10.3 Å². The van der Waals surface area contributed by atoms with Gasteiger partial charge in [-0.2, -0.15) is 0 Å². The fourth-order valence-electron chi connectivity index (χ4n) is 1.63. The summed E-state index contributed by atoms with van der Waals surface area (Å²) in [5.41, 5.74) is 1.44. The summed E-state index contributed by atoms with van der Waals surface area (Å²) >= 11 is 1.41. The number of amides is 2. The number of nitrogens with one attached hydrogen (secondary N) is 1. The Kier molecular flexibility index (Phi) is 5.59. The molecule has 7 heteroatoms. The summed E-state index contributed by atoms with van der Waals surface area (Å²) in [4.78, 5) is 28.7. The number of thiazole rings is 1. The van der Waals surface area contributed by atoms with Gasteiger partial charge in [0.1, 0.15) is 10.8 Å². The van der Waals surface area contributed by atoms with E-state index in [-0.39, 0.29) is 24.2 Å². The zero-order chi connectivity index (χ0) is 16.8. The molecule has 0 fully saturated rings. The molecule has 2 amide bonds. The molecule has 0 unspecified atom stereocenters. The van der Waals surface area contributed by atoms with Gasteiger partial charge in [0.05, 0.1) is 12.2 Å². The number of carbonyl (C=O) groups excluding carboxylic acids is 2. The summed E-state index contributed by atoms with van der Waals surface area (Å²) in [7, 11) is 3.24. The third-order valence-corrected chi connectivity index (χ3v) is 3.84. The molecule has 5 nitrogen and oxygen atoms in total. The fraction of sp³-hybridized carbons (Fsp3) is 0.188. The maximum atomic E-state index is 12.9.